The molecule has 2 heterocycles. The molecule has 0 saturated carbocycles. The van der Waals surface area contributed by atoms with E-state index in [1.165, 1.54) is 0 Å². The number of hydrogen-bond donors (Lipinski definition) is 2. The van der Waals surface area contributed by atoms with Crippen LogP contribution in [0.5, 0.6) is 0 Å². The third-order valence-electron chi connectivity index (χ3n) is 3.04. The van der Waals surface area contributed by atoms with Gasteiger partial charge < -0.3 is 15.4 Å². The smallest absolute Gasteiger partial charge is 0.251 e. The number of rotatable bonds is 4. The average molecular weight is 328 g/mol. The summed E-state index contributed by atoms with van der Waals surface area (Å²) in [6.07, 6.45) is 3.77. The van der Waals surface area contributed by atoms with Crippen LogP contribution in [-0.2, 0) is 9.53 Å². The molecule has 104 valence electrons. The maximum absolute atomic E-state index is 11.8. The number of ether oxygens (including phenoxy) is 1. The molecule has 5 nitrogen and oxygen atoms in total. The van der Waals surface area contributed by atoms with E-state index < -0.39 is 0 Å². The van der Waals surface area contributed by atoms with Gasteiger partial charge in [0.15, 0.2) is 0 Å². The number of nitrogens with zero attached hydrogens (tertiary/aromatic N) is 1. The van der Waals surface area contributed by atoms with Crippen molar-refractivity contribution in [3.63, 3.8) is 0 Å². The summed E-state index contributed by atoms with van der Waals surface area (Å²) in [6.45, 7) is 3.90. The van der Waals surface area contributed by atoms with Gasteiger partial charge in [0.25, 0.3) is 5.91 Å². The van der Waals surface area contributed by atoms with E-state index in [9.17, 15) is 4.79 Å². The summed E-state index contributed by atoms with van der Waals surface area (Å²) >= 11 is 3.34. The number of piperidine rings is 1. The standard InChI is InChI=1S/C13H18BrN3O2/c1-9-6-10(14)7-16-13(9)17-12(18)8-19-11-2-4-15-5-3-11/h6-7,11,15H,2-5,8H2,1H3,(H,16,17,18). The molecule has 0 spiro atoms. The Labute approximate surface area is 121 Å². The van der Waals surface area contributed by atoms with Gasteiger partial charge in [-0.25, -0.2) is 4.98 Å². The lowest BCUT2D eigenvalue weighted by molar-refractivity contribution is -0.123. The van der Waals surface area contributed by atoms with E-state index in [2.05, 4.69) is 31.5 Å². The van der Waals surface area contributed by atoms with Crippen LogP contribution in [0.4, 0.5) is 5.82 Å². The van der Waals surface area contributed by atoms with Crippen LogP contribution in [0.15, 0.2) is 16.7 Å². The first-order valence-corrected chi connectivity index (χ1v) is 7.19. The van der Waals surface area contributed by atoms with Crippen LogP contribution >= 0.6 is 15.9 Å². The van der Waals surface area contributed by atoms with Crippen LogP contribution in [0, 0.1) is 6.92 Å². The average Bonchev–Trinajstić information content (AvgIpc) is 2.41. The topological polar surface area (TPSA) is 63.2 Å². The van der Waals surface area contributed by atoms with E-state index in [0.29, 0.717) is 5.82 Å². The van der Waals surface area contributed by atoms with Gasteiger partial charge in [-0.3, -0.25) is 4.79 Å². The number of aromatic nitrogens is 1. The van der Waals surface area contributed by atoms with Gasteiger partial charge in [-0.2, -0.15) is 0 Å². The molecule has 1 aromatic rings. The Morgan fingerprint density at radius 3 is 3.00 bits per heavy atom. The van der Waals surface area contributed by atoms with Crippen LogP contribution < -0.4 is 10.6 Å². The Kier molecular flexibility index (Phi) is 5.30. The number of amides is 1. The molecule has 1 saturated heterocycles. The maximum atomic E-state index is 11.8. The number of anilines is 1. The quantitative estimate of drug-likeness (QED) is 0.886. The van der Waals surface area contributed by atoms with E-state index >= 15 is 0 Å². The molecule has 1 aromatic heterocycles. The summed E-state index contributed by atoms with van der Waals surface area (Å²) in [4.78, 5) is 16.0. The maximum Gasteiger partial charge on any atom is 0.251 e. The van der Waals surface area contributed by atoms with Gasteiger partial charge in [0.05, 0.1) is 6.10 Å². The molecular formula is C13H18BrN3O2. The summed E-state index contributed by atoms with van der Waals surface area (Å²) in [5, 5.41) is 6.03. The zero-order valence-corrected chi connectivity index (χ0v) is 12.5. The Bertz CT molecular complexity index is 448. The van der Waals surface area contributed by atoms with Crippen molar-refractivity contribution < 1.29 is 9.53 Å². The van der Waals surface area contributed by atoms with E-state index in [-0.39, 0.29) is 18.6 Å². The molecule has 0 unspecified atom stereocenters. The van der Waals surface area contributed by atoms with Crippen molar-refractivity contribution in [2.45, 2.75) is 25.9 Å². The van der Waals surface area contributed by atoms with Crippen LogP contribution in [0.2, 0.25) is 0 Å². The van der Waals surface area contributed by atoms with Gasteiger partial charge in [0.1, 0.15) is 12.4 Å². The zero-order valence-electron chi connectivity index (χ0n) is 10.9. The minimum absolute atomic E-state index is 0.0852. The Balaban J connectivity index is 1.80. The van der Waals surface area contributed by atoms with E-state index in [0.717, 1.165) is 36.0 Å². The molecule has 0 aromatic carbocycles. The molecule has 1 fully saturated rings. The molecule has 2 rings (SSSR count). The largest absolute Gasteiger partial charge is 0.368 e. The van der Waals surface area contributed by atoms with E-state index in [4.69, 9.17) is 4.74 Å². The van der Waals surface area contributed by atoms with Gasteiger partial charge in [0, 0.05) is 10.7 Å². The fourth-order valence-corrected chi connectivity index (χ4v) is 2.44. The number of carbonyl (C=O) groups excluding carboxylic acids is 1. The third-order valence-corrected chi connectivity index (χ3v) is 3.47. The number of aryl methyl sites for hydroxylation is 1. The number of hydrogen-bond acceptors (Lipinski definition) is 4. The minimum atomic E-state index is -0.156. The van der Waals surface area contributed by atoms with E-state index in [1.807, 2.05) is 13.0 Å². The first kappa shape index (κ1) is 14.4. The van der Waals surface area contributed by atoms with Gasteiger partial charge in [-0.05, 0) is 60.4 Å². The highest BCUT2D eigenvalue weighted by molar-refractivity contribution is 9.10. The predicted molar refractivity (Wildman–Crippen MR) is 77.1 cm³/mol. The van der Waals surface area contributed by atoms with Crippen LogP contribution in [-0.4, -0.2) is 36.7 Å². The molecule has 1 aliphatic heterocycles. The number of carbonyl (C=O) groups is 1. The number of pyridine rings is 1. The summed E-state index contributed by atoms with van der Waals surface area (Å²) < 4.78 is 6.49. The van der Waals surface area contributed by atoms with Crippen molar-refractivity contribution in [3.05, 3.63) is 22.3 Å². The SMILES string of the molecule is Cc1cc(Br)cnc1NC(=O)COC1CCNCC1. The Hall–Kier alpha value is -0.980. The van der Waals surface area contributed by atoms with Gasteiger partial charge in [-0.1, -0.05) is 0 Å². The molecule has 0 aliphatic carbocycles. The van der Waals surface area contributed by atoms with Crippen LogP contribution in [0.25, 0.3) is 0 Å². The second-order valence-electron chi connectivity index (χ2n) is 4.63. The highest BCUT2D eigenvalue weighted by atomic mass is 79.9. The number of nitrogens with one attached hydrogen (secondary N) is 2. The molecule has 1 aliphatic rings. The summed E-state index contributed by atoms with van der Waals surface area (Å²) in [5.74, 6) is 0.429. The highest BCUT2D eigenvalue weighted by Gasteiger charge is 2.15. The molecule has 2 N–H and O–H groups in total. The summed E-state index contributed by atoms with van der Waals surface area (Å²) in [6, 6.07) is 1.91. The monoisotopic (exact) mass is 327 g/mol. The summed E-state index contributed by atoms with van der Waals surface area (Å²) in [5.41, 5.74) is 0.921. The second kappa shape index (κ2) is 6.98. The fourth-order valence-electron chi connectivity index (χ4n) is 2.00. The van der Waals surface area contributed by atoms with Crippen LogP contribution in [0.1, 0.15) is 18.4 Å². The van der Waals surface area contributed by atoms with Gasteiger partial charge in [0.2, 0.25) is 0 Å². The molecule has 19 heavy (non-hydrogen) atoms. The fraction of sp³-hybridized carbons (Fsp3) is 0.538. The highest BCUT2D eigenvalue weighted by Crippen LogP contribution is 2.16. The second-order valence-corrected chi connectivity index (χ2v) is 5.54. The lowest BCUT2D eigenvalue weighted by atomic mass is 10.1. The zero-order chi connectivity index (χ0) is 13.7. The lowest BCUT2D eigenvalue weighted by Gasteiger charge is -2.22. The Morgan fingerprint density at radius 1 is 1.58 bits per heavy atom. The van der Waals surface area contributed by atoms with Crippen molar-refractivity contribution in [1.29, 1.82) is 0 Å². The predicted octanol–water partition coefficient (Wildman–Crippen LogP) is 1.86. The molecule has 6 heteroatoms. The van der Waals surface area contributed by atoms with Crippen molar-refractivity contribution in [2.75, 3.05) is 25.0 Å². The molecule has 0 atom stereocenters. The molecule has 1 amide bonds. The van der Waals surface area contributed by atoms with Crippen molar-refractivity contribution in [2.24, 2.45) is 0 Å². The Morgan fingerprint density at radius 2 is 2.32 bits per heavy atom. The van der Waals surface area contributed by atoms with Crippen LogP contribution in [0.3, 0.4) is 0 Å². The number of halogens is 1. The molecule has 0 radical (unpaired) electrons. The van der Waals surface area contributed by atoms with Crippen molar-refractivity contribution >= 4 is 27.7 Å². The molecule has 0 bridgehead atoms. The minimum Gasteiger partial charge on any atom is -0.368 e. The van der Waals surface area contributed by atoms with Crippen molar-refractivity contribution in [1.82, 2.24) is 10.3 Å². The normalized spacial score (nSPS) is 16.3. The first-order chi connectivity index (χ1) is 9.15. The first-order valence-electron chi connectivity index (χ1n) is 6.39. The van der Waals surface area contributed by atoms with Gasteiger partial charge in [-0.15, -0.1) is 0 Å². The van der Waals surface area contributed by atoms with Gasteiger partial charge >= 0.3 is 0 Å². The lowest BCUT2D eigenvalue weighted by Crippen LogP contribution is -2.34. The third kappa shape index (κ3) is 4.56. The summed E-state index contributed by atoms with van der Waals surface area (Å²) in [7, 11) is 0. The van der Waals surface area contributed by atoms with E-state index in [1.54, 1.807) is 6.20 Å². The van der Waals surface area contributed by atoms with Crippen molar-refractivity contribution in [3.8, 4) is 0 Å². The molecular weight excluding hydrogens is 310 g/mol.